The Morgan fingerprint density at radius 3 is 2.65 bits per heavy atom. The van der Waals surface area contributed by atoms with E-state index >= 15 is 0 Å². The van der Waals surface area contributed by atoms with Crippen LogP contribution in [-0.4, -0.2) is 54.2 Å². The summed E-state index contributed by atoms with van der Waals surface area (Å²) >= 11 is 7.61. The van der Waals surface area contributed by atoms with Crippen molar-refractivity contribution in [3.63, 3.8) is 0 Å². The first kappa shape index (κ1) is 13.3. The van der Waals surface area contributed by atoms with Gasteiger partial charge in [0.15, 0.2) is 0 Å². The molecule has 2 rings (SSSR count). The van der Waals surface area contributed by atoms with Gasteiger partial charge in [-0.15, -0.1) is 11.3 Å². The van der Waals surface area contributed by atoms with Crippen molar-refractivity contribution in [2.24, 2.45) is 0 Å². The van der Waals surface area contributed by atoms with Gasteiger partial charge in [-0.05, 0) is 31.6 Å². The molecule has 0 atom stereocenters. The second-order valence-electron chi connectivity index (χ2n) is 4.40. The lowest BCUT2D eigenvalue weighted by Gasteiger charge is -2.20. The molecule has 0 aromatic carbocycles. The highest BCUT2D eigenvalue weighted by Crippen LogP contribution is 2.23. The molecule has 0 aliphatic carbocycles. The number of aliphatic hydroxyl groups excluding tert-OH is 1. The minimum Gasteiger partial charge on any atom is -0.395 e. The third-order valence-electron chi connectivity index (χ3n) is 3.11. The minimum atomic E-state index is 0.264. The molecule has 3 nitrogen and oxygen atoms in total. The Balaban J connectivity index is 1.82. The number of rotatable bonds is 4. The Labute approximate surface area is 112 Å². The van der Waals surface area contributed by atoms with Gasteiger partial charge in [0, 0.05) is 31.1 Å². The molecule has 5 heteroatoms. The fourth-order valence-electron chi connectivity index (χ4n) is 2.20. The van der Waals surface area contributed by atoms with Gasteiger partial charge in [0.2, 0.25) is 0 Å². The first-order valence-corrected chi connectivity index (χ1v) is 7.27. The number of hydrogen-bond acceptors (Lipinski definition) is 4. The van der Waals surface area contributed by atoms with E-state index in [4.69, 9.17) is 16.7 Å². The number of halogens is 1. The smallest absolute Gasteiger partial charge is 0.0931 e. The summed E-state index contributed by atoms with van der Waals surface area (Å²) in [4.78, 5) is 6.15. The molecule has 0 unspecified atom stereocenters. The van der Waals surface area contributed by atoms with Crippen molar-refractivity contribution in [3.05, 3.63) is 21.3 Å². The van der Waals surface area contributed by atoms with Gasteiger partial charge >= 0.3 is 0 Å². The van der Waals surface area contributed by atoms with E-state index in [1.165, 1.54) is 11.3 Å². The van der Waals surface area contributed by atoms with Gasteiger partial charge in [-0.25, -0.2) is 0 Å². The first-order valence-electron chi connectivity index (χ1n) is 6.08. The maximum Gasteiger partial charge on any atom is 0.0931 e. The normalized spacial score (nSPS) is 19.4. The predicted octanol–water partition coefficient (Wildman–Crippen LogP) is 1.90. The number of nitrogens with zero attached hydrogens (tertiary/aromatic N) is 2. The summed E-state index contributed by atoms with van der Waals surface area (Å²) in [5.74, 6) is 0. The Morgan fingerprint density at radius 2 is 1.94 bits per heavy atom. The van der Waals surface area contributed by atoms with Crippen molar-refractivity contribution in [1.29, 1.82) is 0 Å². The molecule has 17 heavy (non-hydrogen) atoms. The van der Waals surface area contributed by atoms with Crippen LogP contribution in [0.3, 0.4) is 0 Å². The lowest BCUT2D eigenvalue weighted by molar-refractivity contribution is 0.196. The molecular weight excluding hydrogens is 256 g/mol. The summed E-state index contributed by atoms with van der Waals surface area (Å²) in [5, 5.41) is 8.95. The van der Waals surface area contributed by atoms with E-state index in [-0.39, 0.29) is 6.61 Å². The van der Waals surface area contributed by atoms with Crippen LogP contribution in [0.1, 0.15) is 11.3 Å². The highest BCUT2D eigenvalue weighted by Gasteiger charge is 2.14. The molecule has 0 saturated carbocycles. The molecule has 1 N–H and O–H groups in total. The molecule has 0 radical (unpaired) electrons. The van der Waals surface area contributed by atoms with E-state index < -0.39 is 0 Å². The van der Waals surface area contributed by atoms with Crippen molar-refractivity contribution in [1.82, 2.24) is 9.80 Å². The SMILES string of the molecule is OCCN1CCCN(Cc2ccc(Cl)s2)CC1. The molecule has 0 spiro atoms. The molecule has 2 heterocycles. The zero-order valence-corrected chi connectivity index (χ0v) is 11.5. The zero-order valence-electron chi connectivity index (χ0n) is 9.94. The summed E-state index contributed by atoms with van der Waals surface area (Å²) in [7, 11) is 0. The molecule has 1 aliphatic rings. The van der Waals surface area contributed by atoms with Gasteiger partial charge in [0.05, 0.1) is 10.9 Å². The number of hydrogen-bond donors (Lipinski definition) is 1. The standard InChI is InChI=1S/C12H19ClN2OS/c13-12-3-2-11(17-12)10-15-5-1-4-14(6-7-15)8-9-16/h2-3,16H,1,4-10H2. The van der Waals surface area contributed by atoms with E-state index in [0.717, 1.165) is 43.6 Å². The van der Waals surface area contributed by atoms with Crippen LogP contribution in [0.15, 0.2) is 12.1 Å². The van der Waals surface area contributed by atoms with Crippen LogP contribution >= 0.6 is 22.9 Å². The van der Waals surface area contributed by atoms with Crippen molar-refractivity contribution >= 4 is 22.9 Å². The van der Waals surface area contributed by atoms with E-state index in [1.54, 1.807) is 11.3 Å². The quantitative estimate of drug-likeness (QED) is 0.909. The van der Waals surface area contributed by atoms with Gasteiger partial charge in [-0.2, -0.15) is 0 Å². The molecule has 1 saturated heterocycles. The zero-order chi connectivity index (χ0) is 12.1. The van der Waals surface area contributed by atoms with E-state index in [0.29, 0.717) is 0 Å². The van der Waals surface area contributed by atoms with Gasteiger partial charge in [-0.1, -0.05) is 11.6 Å². The second kappa shape index (κ2) is 6.71. The Morgan fingerprint density at radius 1 is 1.18 bits per heavy atom. The highest BCUT2D eigenvalue weighted by molar-refractivity contribution is 7.16. The van der Waals surface area contributed by atoms with Gasteiger partial charge < -0.3 is 5.11 Å². The van der Waals surface area contributed by atoms with Gasteiger partial charge in [-0.3, -0.25) is 9.80 Å². The lowest BCUT2D eigenvalue weighted by atomic mass is 10.3. The van der Waals surface area contributed by atoms with Crippen LogP contribution in [0.5, 0.6) is 0 Å². The number of β-amino-alcohol motifs (C(OH)–C–C–N with tert-alkyl or cyclic N) is 1. The van der Waals surface area contributed by atoms with Crippen LogP contribution < -0.4 is 0 Å². The molecule has 0 bridgehead atoms. The van der Waals surface area contributed by atoms with Crippen molar-refractivity contribution in [2.45, 2.75) is 13.0 Å². The lowest BCUT2D eigenvalue weighted by Crippen LogP contribution is -2.32. The summed E-state index contributed by atoms with van der Waals surface area (Å²) < 4.78 is 0.872. The first-order chi connectivity index (χ1) is 8.28. The summed E-state index contributed by atoms with van der Waals surface area (Å²) in [6, 6.07) is 4.08. The van der Waals surface area contributed by atoms with Crippen LogP contribution in [0.4, 0.5) is 0 Å². The van der Waals surface area contributed by atoms with Crippen LogP contribution in [0.2, 0.25) is 4.34 Å². The minimum absolute atomic E-state index is 0.264. The maximum atomic E-state index is 8.95. The van der Waals surface area contributed by atoms with E-state index in [2.05, 4.69) is 15.9 Å². The average molecular weight is 275 g/mol. The molecular formula is C12H19ClN2OS. The Kier molecular flexibility index (Phi) is 5.25. The van der Waals surface area contributed by atoms with Crippen molar-refractivity contribution in [2.75, 3.05) is 39.3 Å². The summed E-state index contributed by atoms with van der Waals surface area (Å²) in [6.07, 6.45) is 1.18. The van der Waals surface area contributed by atoms with Gasteiger partial charge in [0.1, 0.15) is 0 Å². The largest absolute Gasteiger partial charge is 0.395 e. The molecule has 1 fully saturated rings. The summed E-state index contributed by atoms with van der Waals surface area (Å²) in [6.45, 7) is 6.44. The predicted molar refractivity (Wildman–Crippen MR) is 72.7 cm³/mol. The van der Waals surface area contributed by atoms with Crippen molar-refractivity contribution in [3.8, 4) is 0 Å². The van der Waals surface area contributed by atoms with Crippen LogP contribution in [0, 0.1) is 0 Å². The van der Waals surface area contributed by atoms with Crippen molar-refractivity contribution < 1.29 is 5.11 Å². The second-order valence-corrected chi connectivity index (χ2v) is 6.20. The summed E-state index contributed by atoms with van der Waals surface area (Å²) in [5.41, 5.74) is 0. The van der Waals surface area contributed by atoms with E-state index in [1.807, 2.05) is 6.07 Å². The average Bonchev–Trinajstić information content (AvgIpc) is 2.58. The molecule has 1 aromatic rings. The monoisotopic (exact) mass is 274 g/mol. The number of aliphatic hydroxyl groups is 1. The fourth-order valence-corrected chi connectivity index (χ4v) is 3.33. The molecule has 96 valence electrons. The van der Waals surface area contributed by atoms with E-state index in [9.17, 15) is 0 Å². The highest BCUT2D eigenvalue weighted by atomic mass is 35.5. The maximum absolute atomic E-state index is 8.95. The Bertz CT molecular complexity index is 345. The Hall–Kier alpha value is -0.130. The van der Waals surface area contributed by atoms with Crippen LogP contribution in [-0.2, 0) is 6.54 Å². The van der Waals surface area contributed by atoms with Crippen LogP contribution in [0.25, 0.3) is 0 Å². The number of thiophene rings is 1. The fraction of sp³-hybridized carbons (Fsp3) is 0.667. The molecule has 1 aliphatic heterocycles. The van der Waals surface area contributed by atoms with Gasteiger partial charge in [0.25, 0.3) is 0 Å². The molecule has 0 amide bonds. The third-order valence-corrected chi connectivity index (χ3v) is 4.32. The topological polar surface area (TPSA) is 26.7 Å². The third kappa shape index (κ3) is 4.23. The molecule has 1 aromatic heterocycles.